The minimum Gasteiger partial charge on any atom is -0.314 e. The van der Waals surface area contributed by atoms with Crippen molar-refractivity contribution in [3.8, 4) is 0 Å². The van der Waals surface area contributed by atoms with E-state index in [-0.39, 0.29) is 0 Å². The van der Waals surface area contributed by atoms with Crippen LogP contribution in [0.5, 0.6) is 0 Å². The average Bonchev–Trinajstić information content (AvgIpc) is 2.14. The van der Waals surface area contributed by atoms with Crippen LogP contribution >= 0.6 is 11.8 Å². The monoisotopic (exact) mass is 202 g/mol. The molecule has 0 saturated carbocycles. The quantitative estimate of drug-likeness (QED) is 0.679. The number of nitrogens with zero attached hydrogens (tertiary/aromatic N) is 1. The Morgan fingerprint density at radius 1 is 1.31 bits per heavy atom. The summed E-state index contributed by atoms with van der Waals surface area (Å²) < 4.78 is 0. The van der Waals surface area contributed by atoms with Crippen molar-refractivity contribution in [1.29, 1.82) is 0 Å². The minimum atomic E-state index is 0.636. The van der Waals surface area contributed by atoms with E-state index < -0.39 is 0 Å². The van der Waals surface area contributed by atoms with Gasteiger partial charge in [-0.3, -0.25) is 0 Å². The van der Waals surface area contributed by atoms with Gasteiger partial charge in [0.2, 0.25) is 0 Å². The highest BCUT2D eigenvalue weighted by Gasteiger charge is 2.08. The van der Waals surface area contributed by atoms with Crippen LogP contribution in [-0.2, 0) is 0 Å². The maximum atomic E-state index is 3.45. The van der Waals surface area contributed by atoms with Crippen LogP contribution in [0.4, 0.5) is 0 Å². The zero-order valence-corrected chi connectivity index (χ0v) is 9.70. The highest BCUT2D eigenvalue weighted by atomic mass is 32.2. The topological polar surface area (TPSA) is 15.3 Å². The van der Waals surface area contributed by atoms with E-state index in [9.17, 15) is 0 Å². The summed E-state index contributed by atoms with van der Waals surface area (Å²) in [5.74, 6) is 2.66. The van der Waals surface area contributed by atoms with Gasteiger partial charge in [-0.15, -0.1) is 0 Å². The number of rotatable bonds is 5. The van der Waals surface area contributed by atoms with Gasteiger partial charge < -0.3 is 10.2 Å². The smallest absolute Gasteiger partial charge is 0.00727 e. The number of thioether (sulfide) groups is 1. The Morgan fingerprint density at radius 2 is 2.00 bits per heavy atom. The van der Waals surface area contributed by atoms with E-state index in [1.54, 1.807) is 0 Å². The molecule has 0 aliphatic carbocycles. The SMILES string of the molecule is CC(C)NCCCN1CCSCC1. The molecule has 0 atom stereocenters. The van der Waals surface area contributed by atoms with E-state index in [2.05, 4.69) is 35.8 Å². The van der Waals surface area contributed by atoms with Crippen molar-refractivity contribution in [3.63, 3.8) is 0 Å². The second kappa shape index (κ2) is 6.68. The van der Waals surface area contributed by atoms with Crippen LogP contribution < -0.4 is 5.32 Å². The van der Waals surface area contributed by atoms with Crippen LogP contribution in [0.1, 0.15) is 20.3 Å². The molecule has 1 aliphatic heterocycles. The lowest BCUT2D eigenvalue weighted by Gasteiger charge is -2.26. The lowest BCUT2D eigenvalue weighted by atomic mass is 10.3. The maximum Gasteiger partial charge on any atom is 0.00727 e. The molecule has 1 N–H and O–H groups in total. The lowest BCUT2D eigenvalue weighted by Crippen LogP contribution is -2.35. The van der Waals surface area contributed by atoms with E-state index in [0.717, 1.165) is 0 Å². The Bertz CT molecular complexity index is 122. The van der Waals surface area contributed by atoms with Crippen LogP contribution in [0.2, 0.25) is 0 Å². The lowest BCUT2D eigenvalue weighted by molar-refractivity contribution is 0.295. The zero-order chi connectivity index (χ0) is 9.52. The fourth-order valence-corrected chi connectivity index (χ4v) is 2.50. The van der Waals surface area contributed by atoms with Crippen LogP contribution in [0, 0.1) is 0 Å². The van der Waals surface area contributed by atoms with E-state index in [1.165, 1.54) is 44.1 Å². The normalized spacial score (nSPS) is 19.6. The summed E-state index contributed by atoms with van der Waals surface area (Å²) in [6.07, 6.45) is 1.29. The van der Waals surface area contributed by atoms with Crippen molar-refractivity contribution in [2.75, 3.05) is 37.7 Å². The second-order valence-electron chi connectivity index (χ2n) is 3.92. The van der Waals surface area contributed by atoms with Gasteiger partial charge in [-0.25, -0.2) is 0 Å². The highest BCUT2D eigenvalue weighted by molar-refractivity contribution is 7.99. The third kappa shape index (κ3) is 5.55. The number of nitrogens with one attached hydrogen (secondary N) is 1. The van der Waals surface area contributed by atoms with Crippen molar-refractivity contribution in [2.24, 2.45) is 0 Å². The molecule has 0 aromatic heterocycles. The Morgan fingerprint density at radius 3 is 2.62 bits per heavy atom. The average molecular weight is 202 g/mol. The summed E-state index contributed by atoms with van der Waals surface area (Å²) in [6.45, 7) is 9.45. The standard InChI is InChI=1S/C10H22N2S/c1-10(2)11-4-3-5-12-6-8-13-9-7-12/h10-11H,3-9H2,1-2H3. The molecule has 3 heteroatoms. The fraction of sp³-hybridized carbons (Fsp3) is 1.00. The maximum absolute atomic E-state index is 3.45. The molecule has 0 amide bonds. The predicted molar refractivity (Wildman–Crippen MR) is 61.5 cm³/mol. The molecular formula is C10H22N2S. The van der Waals surface area contributed by atoms with Crippen molar-refractivity contribution >= 4 is 11.8 Å². The third-order valence-electron chi connectivity index (χ3n) is 2.31. The Balaban J connectivity index is 1.92. The largest absolute Gasteiger partial charge is 0.314 e. The summed E-state index contributed by atoms with van der Waals surface area (Å²) in [5.41, 5.74) is 0. The molecule has 1 heterocycles. The van der Waals surface area contributed by atoms with E-state index >= 15 is 0 Å². The van der Waals surface area contributed by atoms with Crippen molar-refractivity contribution in [3.05, 3.63) is 0 Å². The Hall–Kier alpha value is 0.270. The van der Waals surface area contributed by atoms with Crippen LogP contribution in [-0.4, -0.2) is 48.6 Å². The van der Waals surface area contributed by atoms with Gasteiger partial charge in [-0.1, -0.05) is 13.8 Å². The molecular weight excluding hydrogens is 180 g/mol. The van der Waals surface area contributed by atoms with Gasteiger partial charge >= 0.3 is 0 Å². The molecule has 2 nitrogen and oxygen atoms in total. The van der Waals surface area contributed by atoms with Gasteiger partial charge in [0, 0.05) is 30.6 Å². The summed E-state index contributed by atoms with van der Waals surface area (Å²) in [5, 5.41) is 3.45. The van der Waals surface area contributed by atoms with Gasteiger partial charge in [0.1, 0.15) is 0 Å². The van der Waals surface area contributed by atoms with Crippen LogP contribution in [0.15, 0.2) is 0 Å². The molecule has 0 aromatic carbocycles. The van der Waals surface area contributed by atoms with Crippen LogP contribution in [0.3, 0.4) is 0 Å². The Kier molecular flexibility index (Phi) is 5.83. The van der Waals surface area contributed by atoms with Gasteiger partial charge in [0.05, 0.1) is 0 Å². The molecule has 0 bridgehead atoms. The fourth-order valence-electron chi connectivity index (χ4n) is 1.52. The highest BCUT2D eigenvalue weighted by Crippen LogP contribution is 2.08. The molecule has 1 saturated heterocycles. The molecule has 0 unspecified atom stereocenters. The summed E-state index contributed by atoms with van der Waals surface area (Å²) in [6, 6.07) is 0.636. The van der Waals surface area contributed by atoms with E-state index in [4.69, 9.17) is 0 Å². The molecule has 78 valence electrons. The first-order chi connectivity index (χ1) is 6.29. The third-order valence-corrected chi connectivity index (χ3v) is 3.25. The molecule has 1 aliphatic rings. The molecule has 0 spiro atoms. The predicted octanol–water partition coefficient (Wildman–Crippen LogP) is 1.42. The first kappa shape index (κ1) is 11.3. The van der Waals surface area contributed by atoms with Crippen molar-refractivity contribution < 1.29 is 0 Å². The van der Waals surface area contributed by atoms with Crippen LogP contribution in [0.25, 0.3) is 0 Å². The van der Waals surface area contributed by atoms with Crippen molar-refractivity contribution in [1.82, 2.24) is 10.2 Å². The minimum absolute atomic E-state index is 0.636. The zero-order valence-electron chi connectivity index (χ0n) is 8.88. The summed E-state index contributed by atoms with van der Waals surface area (Å²) >= 11 is 2.09. The number of hydrogen-bond donors (Lipinski definition) is 1. The molecule has 0 aromatic rings. The molecule has 13 heavy (non-hydrogen) atoms. The molecule has 0 radical (unpaired) electrons. The second-order valence-corrected chi connectivity index (χ2v) is 5.14. The van der Waals surface area contributed by atoms with Crippen molar-refractivity contribution in [2.45, 2.75) is 26.3 Å². The molecule has 1 fully saturated rings. The van der Waals surface area contributed by atoms with Gasteiger partial charge in [-0.2, -0.15) is 11.8 Å². The van der Waals surface area contributed by atoms with Gasteiger partial charge in [-0.05, 0) is 19.5 Å². The summed E-state index contributed by atoms with van der Waals surface area (Å²) in [7, 11) is 0. The molecule has 1 rings (SSSR count). The first-order valence-electron chi connectivity index (χ1n) is 5.32. The number of hydrogen-bond acceptors (Lipinski definition) is 3. The van der Waals surface area contributed by atoms with Gasteiger partial charge in [0.15, 0.2) is 0 Å². The van der Waals surface area contributed by atoms with E-state index in [0.29, 0.717) is 6.04 Å². The van der Waals surface area contributed by atoms with E-state index in [1.807, 2.05) is 0 Å². The first-order valence-corrected chi connectivity index (χ1v) is 6.48. The summed E-state index contributed by atoms with van der Waals surface area (Å²) in [4.78, 5) is 2.58. The van der Waals surface area contributed by atoms with Gasteiger partial charge in [0.25, 0.3) is 0 Å². The Labute approximate surface area is 86.5 Å².